The van der Waals surface area contributed by atoms with Crippen molar-refractivity contribution in [3.05, 3.63) is 33.5 Å². The molecule has 0 radical (unpaired) electrons. The normalized spacial score (nSPS) is 17.1. The summed E-state index contributed by atoms with van der Waals surface area (Å²) in [5.41, 5.74) is 0. The van der Waals surface area contributed by atoms with Gasteiger partial charge in [-0.1, -0.05) is 18.5 Å². The molecule has 3 rings (SSSR count). The number of nitrogens with one attached hydrogen (secondary N) is 1. The van der Waals surface area contributed by atoms with E-state index in [0.717, 1.165) is 61.6 Å². The molecule has 1 aliphatic rings. The van der Waals surface area contributed by atoms with E-state index in [1.54, 1.807) is 17.7 Å². The standard InChI is InChI=1S/C19H29ClN6OS.HI/c1-3-18-24-23-14-26(18)10-9-21-19(22-12-15-6-4-5-11-27-15)25(2)13-16-7-8-17(20)28-16;/h7-8,14-15H,3-6,9-13H2,1-2H3,(H,21,22);1H. The number of halogens is 2. The average Bonchev–Trinajstić information content (AvgIpc) is 3.33. The van der Waals surface area contributed by atoms with Gasteiger partial charge in [0.1, 0.15) is 12.2 Å². The molecule has 0 aliphatic carbocycles. The Morgan fingerprint density at radius 3 is 3.00 bits per heavy atom. The lowest BCUT2D eigenvalue weighted by molar-refractivity contribution is 0.0223. The van der Waals surface area contributed by atoms with E-state index in [1.165, 1.54) is 11.3 Å². The highest BCUT2D eigenvalue weighted by Crippen LogP contribution is 2.22. The number of aliphatic imine (C=N–C) groups is 1. The highest BCUT2D eigenvalue weighted by molar-refractivity contribution is 14.0. The number of rotatable bonds is 8. The molecule has 0 spiro atoms. The first kappa shape index (κ1) is 24.4. The predicted octanol–water partition coefficient (Wildman–Crippen LogP) is 3.82. The summed E-state index contributed by atoms with van der Waals surface area (Å²) in [6.45, 7) is 5.94. The van der Waals surface area contributed by atoms with Crippen molar-refractivity contribution in [3.63, 3.8) is 0 Å². The molecule has 1 aliphatic heterocycles. The minimum Gasteiger partial charge on any atom is -0.376 e. The van der Waals surface area contributed by atoms with E-state index in [4.69, 9.17) is 21.3 Å². The van der Waals surface area contributed by atoms with Gasteiger partial charge in [0.15, 0.2) is 5.96 Å². The second kappa shape index (κ2) is 12.7. The Hall–Kier alpha value is -0.910. The molecule has 7 nitrogen and oxygen atoms in total. The summed E-state index contributed by atoms with van der Waals surface area (Å²) in [5, 5.41) is 11.6. The zero-order chi connectivity index (χ0) is 19.8. The van der Waals surface area contributed by atoms with Crippen molar-refractivity contribution in [1.29, 1.82) is 0 Å². The lowest BCUT2D eigenvalue weighted by atomic mass is 10.1. The Kier molecular flexibility index (Phi) is 10.7. The van der Waals surface area contributed by atoms with Crippen LogP contribution in [0.15, 0.2) is 23.5 Å². The minimum absolute atomic E-state index is 0. The van der Waals surface area contributed by atoms with Gasteiger partial charge in [-0.05, 0) is 31.4 Å². The van der Waals surface area contributed by atoms with Crippen LogP contribution in [-0.2, 0) is 24.2 Å². The van der Waals surface area contributed by atoms with E-state index >= 15 is 0 Å². The van der Waals surface area contributed by atoms with Gasteiger partial charge in [-0.25, -0.2) is 0 Å². The van der Waals surface area contributed by atoms with Crippen molar-refractivity contribution in [3.8, 4) is 0 Å². The van der Waals surface area contributed by atoms with Gasteiger partial charge in [0.25, 0.3) is 0 Å². The van der Waals surface area contributed by atoms with Crippen molar-refractivity contribution in [2.24, 2.45) is 4.99 Å². The van der Waals surface area contributed by atoms with Crippen LogP contribution in [0.2, 0.25) is 4.34 Å². The number of ether oxygens (including phenoxy) is 1. The van der Waals surface area contributed by atoms with Crippen molar-refractivity contribution in [1.82, 2.24) is 25.0 Å². The van der Waals surface area contributed by atoms with Gasteiger partial charge < -0.3 is 19.5 Å². The minimum atomic E-state index is 0. The predicted molar refractivity (Wildman–Crippen MR) is 130 cm³/mol. The van der Waals surface area contributed by atoms with Gasteiger partial charge in [-0.2, -0.15) is 0 Å². The van der Waals surface area contributed by atoms with Crippen LogP contribution >= 0.6 is 46.9 Å². The molecule has 0 bridgehead atoms. The molecule has 0 amide bonds. The van der Waals surface area contributed by atoms with Gasteiger partial charge in [0.05, 0.1) is 23.5 Å². The first-order chi connectivity index (χ1) is 13.7. The first-order valence-electron chi connectivity index (χ1n) is 9.87. The van der Waals surface area contributed by atoms with Crippen LogP contribution in [0.25, 0.3) is 0 Å². The molecule has 29 heavy (non-hydrogen) atoms. The van der Waals surface area contributed by atoms with E-state index in [1.807, 2.05) is 6.07 Å². The van der Waals surface area contributed by atoms with Crippen LogP contribution in [0.5, 0.6) is 0 Å². The van der Waals surface area contributed by atoms with Gasteiger partial charge in [0.2, 0.25) is 0 Å². The highest BCUT2D eigenvalue weighted by Gasteiger charge is 2.15. The second-order valence-corrected chi connectivity index (χ2v) is 8.74. The van der Waals surface area contributed by atoms with Crippen LogP contribution in [0.1, 0.15) is 36.9 Å². The fourth-order valence-corrected chi connectivity index (χ4v) is 4.37. The number of nitrogens with zero attached hydrogens (tertiary/aromatic N) is 5. The molecule has 162 valence electrons. The van der Waals surface area contributed by atoms with Crippen LogP contribution < -0.4 is 5.32 Å². The summed E-state index contributed by atoms with van der Waals surface area (Å²) in [6, 6.07) is 4.00. The topological polar surface area (TPSA) is 67.6 Å². The van der Waals surface area contributed by atoms with E-state index in [-0.39, 0.29) is 30.1 Å². The smallest absolute Gasteiger partial charge is 0.194 e. The number of aromatic nitrogens is 3. The van der Waals surface area contributed by atoms with Crippen LogP contribution in [0.3, 0.4) is 0 Å². The molecule has 0 aromatic carbocycles. The highest BCUT2D eigenvalue weighted by atomic mass is 127. The Labute approximate surface area is 198 Å². The number of aryl methyl sites for hydroxylation is 1. The summed E-state index contributed by atoms with van der Waals surface area (Å²) in [6.07, 6.45) is 6.34. The van der Waals surface area contributed by atoms with E-state index in [9.17, 15) is 0 Å². The van der Waals surface area contributed by atoms with Crippen LogP contribution in [-0.4, -0.2) is 58.5 Å². The third-order valence-corrected chi connectivity index (χ3v) is 5.97. The molecule has 1 atom stereocenters. The Bertz CT molecular complexity index is 761. The number of hydrogen-bond acceptors (Lipinski definition) is 5. The molecule has 1 N–H and O–H groups in total. The summed E-state index contributed by atoms with van der Waals surface area (Å²) in [5.74, 6) is 1.88. The molecule has 1 unspecified atom stereocenters. The first-order valence-corrected chi connectivity index (χ1v) is 11.1. The second-order valence-electron chi connectivity index (χ2n) is 6.94. The molecule has 1 fully saturated rings. The molecule has 2 aromatic heterocycles. The van der Waals surface area contributed by atoms with Crippen molar-refractivity contribution < 1.29 is 4.74 Å². The fourth-order valence-electron chi connectivity index (χ4n) is 3.22. The van der Waals surface area contributed by atoms with Crippen molar-refractivity contribution in [2.45, 2.75) is 51.8 Å². The summed E-state index contributed by atoms with van der Waals surface area (Å²) >= 11 is 7.68. The number of thiophene rings is 1. The Morgan fingerprint density at radius 2 is 2.31 bits per heavy atom. The van der Waals surface area contributed by atoms with E-state index in [2.05, 4.69) is 45.0 Å². The molecule has 1 saturated heterocycles. The average molecular weight is 553 g/mol. The van der Waals surface area contributed by atoms with E-state index in [0.29, 0.717) is 6.54 Å². The zero-order valence-electron chi connectivity index (χ0n) is 17.0. The summed E-state index contributed by atoms with van der Waals surface area (Å²) in [7, 11) is 2.05. The largest absolute Gasteiger partial charge is 0.376 e. The third kappa shape index (κ3) is 7.69. The molecule has 2 aromatic rings. The number of guanidine groups is 1. The van der Waals surface area contributed by atoms with Crippen molar-refractivity contribution >= 4 is 52.9 Å². The van der Waals surface area contributed by atoms with Gasteiger partial charge in [-0.3, -0.25) is 4.99 Å². The molecule has 0 saturated carbocycles. The van der Waals surface area contributed by atoms with Gasteiger partial charge in [0, 0.05) is 38.0 Å². The maximum atomic E-state index is 6.08. The molecule has 10 heteroatoms. The fraction of sp³-hybridized carbons (Fsp3) is 0.632. The SMILES string of the molecule is CCc1nncn1CCNC(=NCC1CCCCO1)N(C)Cc1ccc(Cl)s1.I. The molecular weight excluding hydrogens is 523 g/mol. The molecule has 3 heterocycles. The van der Waals surface area contributed by atoms with E-state index < -0.39 is 0 Å². The number of hydrogen-bond donors (Lipinski definition) is 1. The summed E-state index contributed by atoms with van der Waals surface area (Å²) < 4.78 is 8.72. The Balaban J connectivity index is 0.00000300. The third-order valence-electron chi connectivity index (χ3n) is 4.75. The lowest BCUT2D eigenvalue weighted by Gasteiger charge is -2.25. The maximum Gasteiger partial charge on any atom is 0.194 e. The quantitative estimate of drug-likeness (QED) is 0.306. The molecular formula is C19H30ClIN6OS. The van der Waals surface area contributed by atoms with Crippen LogP contribution in [0, 0.1) is 0 Å². The van der Waals surface area contributed by atoms with Gasteiger partial charge >= 0.3 is 0 Å². The maximum absolute atomic E-state index is 6.08. The lowest BCUT2D eigenvalue weighted by Crippen LogP contribution is -2.40. The van der Waals surface area contributed by atoms with Crippen molar-refractivity contribution in [2.75, 3.05) is 26.7 Å². The van der Waals surface area contributed by atoms with Gasteiger partial charge in [-0.15, -0.1) is 45.5 Å². The Morgan fingerprint density at radius 1 is 1.45 bits per heavy atom. The van der Waals surface area contributed by atoms with Crippen LogP contribution in [0.4, 0.5) is 0 Å². The monoisotopic (exact) mass is 552 g/mol. The zero-order valence-corrected chi connectivity index (χ0v) is 20.9. The summed E-state index contributed by atoms with van der Waals surface area (Å²) in [4.78, 5) is 8.20.